The smallest absolute Gasteiger partial charge is 0.153 e. The van der Waals surface area contributed by atoms with Gasteiger partial charge in [-0.2, -0.15) is 5.10 Å². The molecule has 0 aromatic rings. The summed E-state index contributed by atoms with van der Waals surface area (Å²) < 4.78 is 22.0. The minimum absolute atomic E-state index is 0.240. The van der Waals surface area contributed by atoms with Crippen LogP contribution in [-0.4, -0.2) is 43.7 Å². The van der Waals surface area contributed by atoms with Gasteiger partial charge in [-0.3, -0.25) is 5.01 Å². The Balaban J connectivity index is 2.53. The molecule has 0 unspecified atom stereocenters. The van der Waals surface area contributed by atoms with Gasteiger partial charge >= 0.3 is 0 Å². The maximum absolute atomic E-state index is 11.0. The summed E-state index contributed by atoms with van der Waals surface area (Å²) in [6.45, 7) is 4.88. The average Bonchev–Trinajstić information content (AvgIpc) is 1.93. The first-order valence-electron chi connectivity index (χ1n) is 3.97. The van der Waals surface area contributed by atoms with Crippen LogP contribution in [0.3, 0.4) is 0 Å². The lowest BCUT2D eigenvalue weighted by Crippen LogP contribution is -2.37. The highest BCUT2D eigenvalue weighted by Crippen LogP contribution is 2.03. The third-order valence-corrected chi connectivity index (χ3v) is 3.27. The van der Waals surface area contributed by atoms with E-state index in [1.54, 1.807) is 0 Å². The Labute approximate surface area is 73.2 Å². The van der Waals surface area contributed by atoms with Gasteiger partial charge in [-0.1, -0.05) is 0 Å². The lowest BCUT2D eigenvalue weighted by Gasteiger charge is -2.23. The second kappa shape index (κ2) is 3.43. The molecular weight excluding hydrogens is 176 g/mol. The molecule has 1 aliphatic rings. The van der Waals surface area contributed by atoms with Crippen LogP contribution >= 0.6 is 0 Å². The van der Waals surface area contributed by atoms with Crippen LogP contribution in [0.5, 0.6) is 0 Å². The molecule has 0 radical (unpaired) electrons. The molecule has 1 rings (SSSR count). The predicted molar refractivity (Wildman–Crippen MR) is 49.0 cm³/mol. The first-order valence-corrected chi connectivity index (χ1v) is 5.79. The molecule has 5 heteroatoms. The van der Waals surface area contributed by atoms with E-state index in [4.69, 9.17) is 0 Å². The van der Waals surface area contributed by atoms with E-state index < -0.39 is 9.84 Å². The molecule has 0 spiro atoms. The first kappa shape index (κ1) is 9.51. The van der Waals surface area contributed by atoms with Crippen LogP contribution in [0.15, 0.2) is 5.10 Å². The monoisotopic (exact) mass is 190 g/mol. The van der Waals surface area contributed by atoms with E-state index in [0.29, 0.717) is 13.1 Å². The zero-order valence-corrected chi connectivity index (χ0v) is 8.26. The van der Waals surface area contributed by atoms with Crippen LogP contribution in [0, 0.1) is 0 Å². The zero-order chi connectivity index (χ0) is 9.19. The Kier molecular flexibility index (Phi) is 2.72. The van der Waals surface area contributed by atoms with Crippen molar-refractivity contribution in [1.29, 1.82) is 0 Å². The van der Waals surface area contributed by atoms with Gasteiger partial charge < -0.3 is 0 Å². The summed E-state index contributed by atoms with van der Waals surface area (Å²) >= 11 is 0. The molecular formula is C7H14N2O2S. The third kappa shape index (κ3) is 2.81. The van der Waals surface area contributed by atoms with Gasteiger partial charge in [0.2, 0.25) is 0 Å². The Morgan fingerprint density at radius 1 is 1.25 bits per heavy atom. The molecule has 1 fully saturated rings. The van der Waals surface area contributed by atoms with Gasteiger partial charge in [0.05, 0.1) is 24.6 Å². The number of hydrogen-bond donors (Lipinski definition) is 0. The van der Waals surface area contributed by atoms with Gasteiger partial charge in [-0.05, 0) is 13.8 Å². The van der Waals surface area contributed by atoms with E-state index in [9.17, 15) is 8.42 Å². The predicted octanol–water partition coefficient (Wildman–Crippen LogP) is 0.113. The minimum atomic E-state index is -2.76. The molecule has 0 N–H and O–H groups in total. The van der Waals surface area contributed by atoms with Crippen LogP contribution in [0.1, 0.15) is 13.8 Å². The fourth-order valence-electron chi connectivity index (χ4n) is 1.09. The van der Waals surface area contributed by atoms with E-state index in [-0.39, 0.29) is 11.5 Å². The standard InChI is InChI=1S/C7H14N2O2S/c1-7(2)8-9-3-5-12(10,11)6-4-9/h3-6H2,1-2H3. The zero-order valence-electron chi connectivity index (χ0n) is 7.45. The molecule has 0 aromatic carbocycles. The highest BCUT2D eigenvalue weighted by molar-refractivity contribution is 7.91. The summed E-state index contributed by atoms with van der Waals surface area (Å²) in [7, 11) is -2.76. The summed E-state index contributed by atoms with van der Waals surface area (Å²) in [4.78, 5) is 0. The van der Waals surface area contributed by atoms with Gasteiger partial charge in [0.25, 0.3) is 0 Å². The van der Waals surface area contributed by atoms with Crippen molar-refractivity contribution in [2.24, 2.45) is 5.10 Å². The molecule has 0 saturated carbocycles. The molecule has 0 aromatic heterocycles. The van der Waals surface area contributed by atoms with E-state index in [1.807, 2.05) is 18.9 Å². The molecule has 70 valence electrons. The highest BCUT2D eigenvalue weighted by atomic mass is 32.2. The fraction of sp³-hybridized carbons (Fsp3) is 0.857. The maximum Gasteiger partial charge on any atom is 0.153 e. The van der Waals surface area contributed by atoms with Crippen molar-refractivity contribution in [1.82, 2.24) is 5.01 Å². The van der Waals surface area contributed by atoms with E-state index >= 15 is 0 Å². The Bertz CT molecular complexity index is 264. The van der Waals surface area contributed by atoms with Crippen LogP contribution in [0.25, 0.3) is 0 Å². The summed E-state index contributed by atoms with van der Waals surface area (Å²) in [5, 5.41) is 6.00. The molecule has 12 heavy (non-hydrogen) atoms. The lowest BCUT2D eigenvalue weighted by molar-refractivity contribution is 0.311. The molecule has 0 aliphatic carbocycles. The second-order valence-electron chi connectivity index (χ2n) is 3.15. The van der Waals surface area contributed by atoms with Gasteiger partial charge in [0.1, 0.15) is 0 Å². The number of sulfone groups is 1. The van der Waals surface area contributed by atoms with Gasteiger partial charge in [0.15, 0.2) is 9.84 Å². The fourth-order valence-corrected chi connectivity index (χ4v) is 2.27. The average molecular weight is 190 g/mol. The Hall–Kier alpha value is -0.580. The summed E-state index contributed by atoms with van der Waals surface area (Å²) in [6.07, 6.45) is 0. The molecule has 0 atom stereocenters. The second-order valence-corrected chi connectivity index (χ2v) is 5.46. The van der Waals surface area contributed by atoms with E-state index in [2.05, 4.69) is 5.10 Å². The van der Waals surface area contributed by atoms with Crippen molar-refractivity contribution in [3.8, 4) is 0 Å². The van der Waals surface area contributed by atoms with Gasteiger partial charge in [-0.15, -0.1) is 0 Å². The first-order chi connectivity index (χ1) is 5.49. The SMILES string of the molecule is CC(C)=NN1CCS(=O)(=O)CC1. The van der Waals surface area contributed by atoms with Crippen molar-refractivity contribution in [3.05, 3.63) is 0 Å². The largest absolute Gasteiger partial charge is 0.295 e. The summed E-state index contributed by atoms with van der Waals surface area (Å²) in [5.74, 6) is 0.480. The molecule has 1 aliphatic heterocycles. The molecule has 1 heterocycles. The lowest BCUT2D eigenvalue weighted by atomic mass is 10.5. The van der Waals surface area contributed by atoms with Crippen molar-refractivity contribution < 1.29 is 8.42 Å². The van der Waals surface area contributed by atoms with Gasteiger partial charge in [0, 0.05) is 5.71 Å². The summed E-state index contributed by atoms with van der Waals surface area (Å²) in [5.41, 5.74) is 0.967. The Morgan fingerprint density at radius 3 is 2.17 bits per heavy atom. The number of hydrogen-bond acceptors (Lipinski definition) is 4. The van der Waals surface area contributed by atoms with Crippen molar-refractivity contribution in [2.45, 2.75) is 13.8 Å². The van der Waals surface area contributed by atoms with E-state index in [1.165, 1.54) is 0 Å². The topological polar surface area (TPSA) is 49.7 Å². The maximum atomic E-state index is 11.0. The molecule has 4 nitrogen and oxygen atoms in total. The highest BCUT2D eigenvalue weighted by Gasteiger charge is 2.19. The number of nitrogens with zero attached hydrogens (tertiary/aromatic N) is 2. The van der Waals surface area contributed by atoms with Crippen molar-refractivity contribution in [3.63, 3.8) is 0 Å². The quantitative estimate of drug-likeness (QED) is 0.551. The van der Waals surface area contributed by atoms with Crippen molar-refractivity contribution >= 4 is 15.5 Å². The summed E-state index contributed by atoms with van der Waals surface area (Å²) in [6, 6.07) is 0. The van der Waals surface area contributed by atoms with Crippen LogP contribution in [0.2, 0.25) is 0 Å². The van der Waals surface area contributed by atoms with Gasteiger partial charge in [-0.25, -0.2) is 8.42 Å². The normalized spacial score (nSPS) is 22.0. The minimum Gasteiger partial charge on any atom is -0.295 e. The van der Waals surface area contributed by atoms with Crippen LogP contribution in [-0.2, 0) is 9.84 Å². The number of rotatable bonds is 1. The number of hydrazone groups is 1. The van der Waals surface area contributed by atoms with Crippen LogP contribution < -0.4 is 0 Å². The van der Waals surface area contributed by atoms with Crippen LogP contribution in [0.4, 0.5) is 0 Å². The molecule has 0 amide bonds. The molecule has 1 saturated heterocycles. The third-order valence-electron chi connectivity index (χ3n) is 1.66. The molecule has 0 bridgehead atoms. The Morgan fingerprint density at radius 2 is 1.75 bits per heavy atom. The van der Waals surface area contributed by atoms with E-state index in [0.717, 1.165) is 5.71 Å². The van der Waals surface area contributed by atoms with Crippen molar-refractivity contribution in [2.75, 3.05) is 24.6 Å².